The van der Waals surface area contributed by atoms with Crippen LogP contribution in [0.5, 0.6) is 0 Å². The number of Topliss-reactive ketones (excluding diaryl/α,β-unsaturated/α-hetero) is 1. The van der Waals surface area contributed by atoms with E-state index in [4.69, 9.17) is 0 Å². The molecule has 0 rings (SSSR count). The second-order valence-electron chi connectivity index (χ2n) is 2.75. The average molecular weight is 217 g/mol. The number of nitrogens with one attached hydrogen (secondary N) is 1. The molecule has 6 heteroatoms. The summed E-state index contributed by atoms with van der Waals surface area (Å²) in [5, 5.41) is 2.46. The lowest BCUT2D eigenvalue weighted by molar-refractivity contribution is -0.147. The Morgan fingerprint density at radius 3 is 2.33 bits per heavy atom. The van der Waals surface area contributed by atoms with Crippen molar-refractivity contribution in [3.63, 3.8) is 0 Å². The fourth-order valence-corrected chi connectivity index (χ4v) is 0.908. The first kappa shape index (κ1) is 13.6. The molecular weight excluding hydrogens is 202 g/mol. The summed E-state index contributed by atoms with van der Waals surface area (Å²) in [4.78, 5) is 33.0. The van der Waals surface area contributed by atoms with Crippen molar-refractivity contribution < 1.29 is 23.9 Å². The molecule has 0 aromatic carbocycles. The standard InChI is InChI=1S/C9H15NO5/c1-4-15-7(12)5-10-8(6(2)11)9(13)14-3/h8,10H,4-5H2,1-3H3. The van der Waals surface area contributed by atoms with Gasteiger partial charge in [0.1, 0.15) is 0 Å². The second kappa shape index (κ2) is 6.94. The molecule has 0 heterocycles. The van der Waals surface area contributed by atoms with Crippen LogP contribution in [0.25, 0.3) is 0 Å². The van der Waals surface area contributed by atoms with Crippen LogP contribution in [0.1, 0.15) is 13.8 Å². The van der Waals surface area contributed by atoms with Gasteiger partial charge in [-0.15, -0.1) is 0 Å². The maximum atomic E-state index is 11.1. The summed E-state index contributed by atoms with van der Waals surface area (Å²) >= 11 is 0. The Balaban J connectivity index is 4.13. The SMILES string of the molecule is CCOC(=O)CNC(C(C)=O)C(=O)OC. The van der Waals surface area contributed by atoms with E-state index in [2.05, 4.69) is 14.8 Å². The van der Waals surface area contributed by atoms with E-state index in [9.17, 15) is 14.4 Å². The summed E-state index contributed by atoms with van der Waals surface area (Å²) < 4.78 is 9.01. The molecule has 0 aromatic rings. The number of esters is 2. The fraction of sp³-hybridized carbons (Fsp3) is 0.667. The van der Waals surface area contributed by atoms with E-state index in [0.29, 0.717) is 0 Å². The summed E-state index contributed by atoms with van der Waals surface area (Å²) in [5.74, 6) is -1.65. The molecule has 0 bridgehead atoms. The van der Waals surface area contributed by atoms with E-state index < -0.39 is 23.8 Å². The molecule has 15 heavy (non-hydrogen) atoms. The first-order valence-electron chi connectivity index (χ1n) is 4.50. The fourth-order valence-electron chi connectivity index (χ4n) is 0.908. The van der Waals surface area contributed by atoms with E-state index in [1.54, 1.807) is 6.92 Å². The van der Waals surface area contributed by atoms with Crippen molar-refractivity contribution in [3.8, 4) is 0 Å². The van der Waals surface area contributed by atoms with Gasteiger partial charge in [-0.25, -0.2) is 4.79 Å². The lowest BCUT2D eigenvalue weighted by atomic mass is 10.2. The quantitative estimate of drug-likeness (QED) is 0.466. The van der Waals surface area contributed by atoms with Crippen LogP contribution in [-0.2, 0) is 23.9 Å². The largest absolute Gasteiger partial charge is 0.468 e. The Morgan fingerprint density at radius 1 is 1.33 bits per heavy atom. The van der Waals surface area contributed by atoms with Crippen LogP contribution in [0.2, 0.25) is 0 Å². The molecule has 0 radical (unpaired) electrons. The van der Waals surface area contributed by atoms with E-state index in [-0.39, 0.29) is 13.2 Å². The minimum Gasteiger partial charge on any atom is -0.468 e. The minimum absolute atomic E-state index is 0.201. The van der Waals surface area contributed by atoms with Gasteiger partial charge in [-0.2, -0.15) is 0 Å². The number of rotatable bonds is 6. The monoisotopic (exact) mass is 217 g/mol. The zero-order valence-corrected chi connectivity index (χ0v) is 9.03. The van der Waals surface area contributed by atoms with Crippen LogP contribution in [0, 0.1) is 0 Å². The van der Waals surface area contributed by atoms with E-state index in [0.717, 1.165) is 0 Å². The molecule has 0 fully saturated rings. The van der Waals surface area contributed by atoms with E-state index >= 15 is 0 Å². The predicted octanol–water partition coefficient (Wildman–Crippen LogP) is -0.730. The molecule has 6 nitrogen and oxygen atoms in total. The van der Waals surface area contributed by atoms with Crippen molar-refractivity contribution in [3.05, 3.63) is 0 Å². The molecule has 0 aliphatic heterocycles. The normalized spacial score (nSPS) is 11.7. The van der Waals surface area contributed by atoms with Gasteiger partial charge in [0, 0.05) is 0 Å². The van der Waals surface area contributed by atoms with Gasteiger partial charge in [-0.3, -0.25) is 14.9 Å². The zero-order chi connectivity index (χ0) is 11.8. The van der Waals surface area contributed by atoms with Crippen LogP contribution >= 0.6 is 0 Å². The number of ether oxygens (including phenoxy) is 2. The molecule has 0 aliphatic rings. The lowest BCUT2D eigenvalue weighted by Crippen LogP contribution is -2.45. The van der Waals surface area contributed by atoms with Crippen molar-refractivity contribution in [2.75, 3.05) is 20.3 Å². The van der Waals surface area contributed by atoms with Crippen LogP contribution < -0.4 is 5.32 Å². The Labute approximate surface area is 87.9 Å². The van der Waals surface area contributed by atoms with Gasteiger partial charge in [-0.1, -0.05) is 0 Å². The third-order valence-corrected chi connectivity index (χ3v) is 1.60. The van der Waals surface area contributed by atoms with Crippen molar-refractivity contribution in [2.45, 2.75) is 19.9 Å². The van der Waals surface area contributed by atoms with Crippen molar-refractivity contribution in [1.29, 1.82) is 0 Å². The number of ketones is 1. The van der Waals surface area contributed by atoms with Gasteiger partial charge in [0.2, 0.25) is 0 Å². The van der Waals surface area contributed by atoms with Gasteiger partial charge in [0.25, 0.3) is 0 Å². The summed E-state index contributed by atoms with van der Waals surface area (Å²) in [6.07, 6.45) is 0. The van der Waals surface area contributed by atoms with Gasteiger partial charge in [0.15, 0.2) is 11.8 Å². The Morgan fingerprint density at radius 2 is 1.93 bits per heavy atom. The number of hydrogen-bond acceptors (Lipinski definition) is 6. The van der Waals surface area contributed by atoms with Crippen molar-refractivity contribution >= 4 is 17.7 Å². The van der Waals surface area contributed by atoms with Crippen LogP contribution in [-0.4, -0.2) is 44.0 Å². The van der Waals surface area contributed by atoms with Crippen LogP contribution in [0.4, 0.5) is 0 Å². The number of carbonyl (C=O) groups excluding carboxylic acids is 3. The smallest absolute Gasteiger partial charge is 0.330 e. The topological polar surface area (TPSA) is 81.7 Å². The first-order chi connectivity index (χ1) is 7.02. The summed E-state index contributed by atoms with van der Waals surface area (Å²) in [6, 6.07) is -1.11. The molecule has 0 saturated carbocycles. The number of hydrogen-bond donors (Lipinski definition) is 1. The third-order valence-electron chi connectivity index (χ3n) is 1.60. The summed E-state index contributed by atoms with van der Waals surface area (Å²) in [5.41, 5.74) is 0. The minimum atomic E-state index is -1.11. The molecule has 0 saturated heterocycles. The van der Waals surface area contributed by atoms with Crippen LogP contribution in [0.3, 0.4) is 0 Å². The summed E-state index contributed by atoms with van der Waals surface area (Å²) in [6.45, 7) is 2.96. The van der Waals surface area contributed by atoms with Gasteiger partial charge in [-0.05, 0) is 13.8 Å². The molecule has 0 aliphatic carbocycles. The molecular formula is C9H15NO5. The highest BCUT2D eigenvalue weighted by Crippen LogP contribution is 1.90. The maximum Gasteiger partial charge on any atom is 0.330 e. The molecule has 1 N–H and O–H groups in total. The van der Waals surface area contributed by atoms with Gasteiger partial charge < -0.3 is 9.47 Å². The third kappa shape index (κ3) is 5.11. The highest BCUT2D eigenvalue weighted by molar-refractivity contribution is 6.02. The van der Waals surface area contributed by atoms with E-state index in [1.165, 1.54) is 14.0 Å². The van der Waals surface area contributed by atoms with Gasteiger partial charge >= 0.3 is 11.9 Å². The molecule has 1 atom stereocenters. The molecule has 86 valence electrons. The van der Waals surface area contributed by atoms with Gasteiger partial charge in [0.05, 0.1) is 20.3 Å². The molecule has 0 amide bonds. The number of methoxy groups -OCH3 is 1. The highest BCUT2D eigenvalue weighted by Gasteiger charge is 2.24. The maximum absolute atomic E-state index is 11.1. The molecule has 1 unspecified atom stereocenters. The van der Waals surface area contributed by atoms with Crippen molar-refractivity contribution in [1.82, 2.24) is 5.32 Å². The highest BCUT2D eigenvalue weighted by atomic mass is 16.5. The molecule has 0 spiro atoms. The van der Waals surface area contributed by atoms with Crippen LogP contribution in [0.15, 0.2) is 0 Å². The second-order valence-corrected chi connectivity index (χ2v) is 2.75. The molecule has 0 aromatic heterocycles. The first-order valence-corrected chi connectivity index (χ1v) is 4.50. The lowest BCUT2D eigenvalue weighted by Gasteiger charge is -2.12. The predicted molar refractivity (Wildman–Crippen MR) is 51.1 cm³/mol. The Kier molecular flexibility index (Phi) is 6.28. The zero-order valence-electron chi connectivity index (χ0n) is 9.03. The Hall–Kier alpha value is -1.43. The summed E-state index contributed by atoms with van der Waals surface area (Å²) in [7, 11) is 1.17. The Bertz CT molecular complexity index is 251. The average Bonchev–Trinajstić information content (AvgIpc) is 2.17. The van der Waals surface area contributed by atoms with Crippen molar-refractivity contribution in [2.24, 2.45) is 0 Å². The number of carbonyl (C=O) groups is 3. The van der Waals surface area contributed by atoms with E-state index in [1.807, 2.05) is 0 Å².